The molecule has 3 heteroatoms. The van der Waals surface area contributed by atoms with E-state index in [1.807, 2.05) is 18.2 Å². The predicted molar refractivity (Wildman–Crippen MR) is 79.4 cm³/mol. The number of hydrogen-bond donors (Lipinski definition) is 2. The first-order valence-corrected chi connectivity index (χ1v) is 7.37. The van der Waals surface area contributed by atoms with Crippen LogP contribution in [0, 0.1) is 17.8 Å². The number of nitrogens with two attached hydrogens (primary N) is 1. The Kier molecular flexibility index (Phi) is 3.29. The molecule has 2 aliphatic carbocycles. The van der Waals surface area contributed by atoms with Crippen LogP contribution in [-0.4, -0.2) is 13.2 Å². The first kappa shape index (κ1) is 12.6. The van der Waals surface area contributed by atoms with Crippen molar-refractivity contribution in [2.24, 2.45) is 17.8 Å². The zero-order valence-corrected chi connectivity index (χ0v) is 11.9. The van der Waals surface area contributed by atoms with Crippen LogP contribution < -0.4 is 15.8 Å². The molecule has 19 heavy (non-hydrogen) atoms. The van der Waals surface area contributed by atoms with E-state index in [1.54, 1.807) is 7.11 Å². The molecule has 2 fully saturated rings. The Morgan fingerprint density at radius 2 is 2.16 bits per heavy atom. The average Bonchev–Trinajstić information content (AvgIpc) is 3.03. The normalized spacial score (nSPS) is 30.3. The molecule has 4 unspecified atom stereocenters. The Bertz CT molecular complexity index is 460. The van der Waals surface area contributed by atoms with Gasteiger partial charge in [0.1, 0.15) is 5.75 Å². The van der Waals surface area contributed by atoms with Gasteiger partial charge in [0, 0.05) is 12.1 Å². The summed E-state index contributed by atoms with van der Waals surface area (Å²) in [4.78, 5) is 0. The minimum absolute atomic E-state index is 0.490. The minimum atomic E-state index is 0.490. The molecule has 1 aromatic rings. The maximum Gasteiger partial charge on any atom is 0.121 e. The summed E-state index contributed by atoms with van der Waals surface area (Å²) >= 11 is 0. The minimum Gasteiger partial charge on any atom is -0.497 e. The van der Waals surface area contributed by atoms with E-state index in [1.165, 1.54) is 25.7 Å². The lowest BCUT2D eigenvalue weighted by Crippen LogP contribution is -2.30. The van der Waals surface area contributed by atoms with Crippen molar-refractivity contribution >= 4 is 11.4 Å². The van der Waals surface area contributed by atoms with E-state index in [0.717, 1.165) is 34.9 Å². The fraction of sp³-hybridized carbons (Fsp3) is 0.625. The van der Waals surface area contributed by atoms with Gasteiger partial charge in [-0.3, -0.25) is 0 Å². The predicted octanol–water partition coefficient (Wildman–Crippen LogP) is 3.51. The van der Waals surface area contributed by atoms with Crippen LogP contribution in [0.4, 0.5) is 11.4 Å². The molecular formula is C16H24N2O. The number of anilines is 2. The summed E-state index contributed by atoms with van der Waals surface area (Å²) in [5, 5.41) is 3.61. The summed E-state index contributed by atoms with van der Waals surface area (Å²) in [5.41, 5.74) is 7.86. The molecule has 3 N–H and O–H groups in total. The Morgan fingerprint density at radius 3 is 2.79 bits per heavy atom. The van der Waals surface area contributed by atoms with E-state index in [9.17, 15) is 0 Å². The third-order valence-electron chi connectivity index (χ3n) is 5.08. The van der Waals surface area contributed by atoms with Gasteiger partial charge in [-0.15, -0.1) is 0 Å². The number of nitrogens with one attached hydrogen (secondary N) is 1. The number of ether oxygens (including phenoxy) is 1. The van der Waals surface area contributed by atoms with Crippen LogP contribution in [0.3, 0.4) is 0 Å². The van der Waals surface area contributed by atoms with E-state index in [0.29, 0.717) is 6.04 Å². The van der Waals surface area contributed by atoms with Gasteiger partial charge in [-0.05, 0) is 56.1 Å². The number of methoxy groups -OCH3 is 1. The number of nitrogen functional groups attached to an aromatic ring is 1. The second kappa shape index (κ2) is 4.95. The number of hydrogen-bond acceptors (Lipinski definition) is 3. The largest absolute Gasteiger partial charge is 0.497 e. The van der Waals surface area contributed by atoms with Gasteiger partial charge in [0.25, 0.3) is 0 Å². The zero-order valence-electron chi connectivity index (χ0n) is 11.9. The molecule has 0 radical (unpaired) electrons. The van der Waals surface area contributed by atoms with Gasteiger partial charge >= 0.3 is 0 Å². The molecule has 3 nitrogen and oxygen atoms in total. The van der Waals surface area contributed by atoms with Crippen molar-refractivity contribution in [3.05, 3.63) is 18.2 Å². The monoisotopic (exact) mass is 260 g/mol. The van der Waals surface area contributed by atoms with Crippen LogP contribution in [0.5, 0.6) is 5.75 Å². The Balaban J connectivity index is 1.70. The highest BCUT2D eigenvalue weighted by Gasteiger charge is 2.41. The average molecular weight is 260 g/mol. The first-order chi connectivity index (χ1) is 9.17. The van der Waals surface area contributed by atoms with Gasteiger partial charge in [-0.2, -0.15) is 0 Å². The van der Waals surface area contributed by atoms with E-state index >= 15 is 0 Å². The molecule has 0 aromatic heterocycles. The lowest BCUT2D eigenvalue weighted by Gasteiger charge is -2.29. The van der Waals surface area contributed by atoms with Crippen LogP contribution in [0.1, 0.15) is 32.6 Å². The fourth-order valence-corrected chi connectivity index (χ4v) is 4.05. The summed E-state index contributed by atoms with van der Waals surface area (Å²) < 4.78 is 5.27. The molecule has 0 heterocycles. The summed E-state index contributed by atoms with van der Waals surface area (Å²) in [6.45, 7) is 2.30. The fourth-order valence-electron chi connectivity index (χ4n) is 4.05. The molecule has 104 valence electrons. The number of benzene rings is 1. The Labute approximate surface area is 115 Å². The van der Waals surface area contributed by atoms with Crippen LogP contribution in [0.25, 0.3) is 0 Å². The molecule has 2 bridgehead atoms. The van der Waals surface area contributed by atoms with Crippen LogP contribution in [0.2, 0.25) is 0 Å². The van der Waals surface area contributed by atoms with Gasteiger partial charge < -0.3 is 15.8 Å². The van der Waals surface area contributed by atoms with E-state index in [4.69, 9.17) is 10.5 Å². The molecule has 0 aliphatic heterocycles. The molecule has 1 aromatic carbocycles. The topological polar surface area (TPSA) is 47.3 Å². The third kappa shape index (κ3) is 2.38. The van der Waals surface area contributed by atoms with Crippen molar-refractivity contribution in [3.63, 3.8) is 0 Å². The third-order valence-corrected chi connectivity index (χ3v) is 5.08. The van der Waals surface area contributed by atoms with Gasteiger partial charge in [-0.25, -0.2) is 0 Å². The van der Waals surface area contributed by atoms with Crippen molar-refractivity contribution in [1.82, 2.24) is 0 Å². The first-order valence-electron chi connectivity index (χ1n) is 7.37. The van der Waals surface area contributed by atoms with Crippen LogP contribution >= 0.6 is 0 Å². The summed E-state index contributed by atoms with van der Waals surface area (Å²) in [6, 6.07) is 6.31. The molecule has 0 spiro atoms. The standard InChI is InChI=1S/C16H24N2O/c1-10(14-8-11-3-4-12(14)7-11)18-16-9-13(19-2)5-6-15(16)17/h5-6,9-12,14,18H,3-4,7-8,17H2,1-2H3. The molecule has 2 saturated carbocycles. The SMILES string of the molecule is COc1ccc(N)c(NC(C)C2CC3CCC2C3)c1. The zero-order chi connectivity index (χ0) is 13.4. The maximum absolute atomic E-state index is 6.05. The lowest BCUT2D eigenvalue weighted by molar-refractivity contribution is 0.304. The highest BCUT2D eigenvalue weighted by atomic mass is 16.5. The van der Waals surface area contributed by atoms with Gasteiger partial charge in [0.15, 0.2) is 0 Å². The van der Waals surface area contributed by atoms with Crippen molar-refractivity contribution < 1.29 is 4.74 Å². The smallest absolute Gasteiger partial charge is 0.121 e. The van der Waals surface area contributed by atoms with Crippen molar-refractivity contribution in [3.8, 4) is 5.75 Å². The van der Waals surface area contributed by atoms with Crippen LogP contribution in [-0.2, 0) is 0 Å². The highest BCUT2D eigenvalue weighted by Crippen LogP contribution is 2.50. The summed E-state index contributed by atoms with van der Waals surface area (Å²) in [6.07, 6.45) is 5.72. The van der Waals surface area contributed by atoms with Crippen molar-refractivity contribution in [2.75, 3.05) is 18.2 Å². The molecule has 4 atom stereocenters. The number of fused-ring (bicyclic) bond motifs is 2. The Morgan fingerprint density at radius 1 is 1.32 bits per heavy atom. The lowest BCUT2D eigenvalue weighted by atomic mass is 9.84. The number of rotatable bonds is 4. The van der Waals surface area contributed by atoms with Crippen LogP contribution in [0.15, 0.2) is 18.2 Å². The molecule has 3 rings (SSSR count). The maximum atomic E-state index is 6.05. The second-order valence-corrected chi connectivity index (χ2v) is 6.22. The highest BCUT2D eigenvalue weighted by molar-refractivity contribution is 5.68. The summed E-state index contributed by atoms with van der Waals surface area (Å²) in [5.74, 6) is 3.59. The van der Waals surface area contributed by atoms with Crippen molar-refractivity contribution in [2.45, 2.75) is 38.6 Å². The molecule has 2 aliphatic rings. The van der Waals surface area contributed by atoms with E-state index in [-0.39, 0.29) is 0 Å². The molecular weight excluding hydrogens is 236 g/mol. The van der Waals surface area contributed by atoms with E-state index < -0.39 is 0 Å². The Hall–Kier alpha value is -1.38. The summed E-state index contributed by atoms with van der Waals surface area (Å²) in [7, 11) is 1.69. The van der Waals surface area contributed by atoms with Gasteiger partial charge in [0.2, 0.25) is 0 Å². The molecule has 0 saturated heterocycles. The van der Waals surface area contributed by atoms with Gasteiger partial charge in [-0.1, -0.05) is 6.42 Å². The van der Waals surface area contributed by atoms with Crippen molar-refractivity contribution in [1.29, 1.82) is 0 Å². The van der Waals surface area contributed by atoms with Gasteiger partial charge in [0.05, 0.1) is 18.5 Å². The second-order valence-electron chi connectivity index (χ2n) is 6.22. The quantitative estimate of drug-likeness (QED) is 0.814. The van der Waals surface area contributed by atoms with E-state index in [2.05, 4.69) is 12.2 Å². The molecule has 0 amide bonds.